The Kier molecular flexibility index (Phi) is 6.34. The van der Waals surface area contributed by atoms with Crippen LogP contribution in [0.5, 0.6) is 0 Å². The van der Waals surface area contributed by atoms with E-state index in [0.29, 0.717) is 45.8 Å². The number of aryl methyl sites for hydroxylation is 1. The van der Waals surface area contributed by atoms with Gasteiger partial charge in [0.1, 0.15) is 0 Å². The highest BCUT2D eigenvalue weighted by Gasteiger charge is 2.12. The van der Waals surface area contributed by atoms with Gasteiger partial charge in [-0.15, -0.1) is 0 Å². The largest absolute Gasteiger partial charge is 0.441 e. The minimum Gasteiger partial charge on any atom is -0.441 e. The van der Waals surface area contributed by atoms with E-state index < -0.39 is 5.91 Å². The minimum absolute atomic E-state index is 0.159. The van der Waals surface area contributed by atoms with Crippen molar-refractivity contribution in [3.05, 3.63) is 75.7 Å². The molecule has 0 unspecified atom stereocenters. The average Bonchev–Trinajstić information content (AvgIpc) is 3.13. The lowest BCUT2D eigenvalue weighted by Crippen LogP contribution is -2.23. The number of hydrogen-bond donors (Lipinski definition) is 2. The lowest BCUT2D eigenvalue weighted by Gasteiger charge is -2.06. The summed E-state index contributed by atoms with van der Waals surface area (Å²) in [4.78, 5) is 27.5. The van der Waals surface area contributed by atoms with Crippen LogP contribution in [0.15, 0.2) is 53.1 Å². The summed E-state index contributed by atoms with van der Waals surface area (Å²) in [6.07, 6.45) is 2.12. The summed E-state index contributed by atoms with van der Waals surface area (Å²) >= 11 is 12.1. The summed E-state index contributed by atoms with van der Waals surface area (Å²) in [6.45, 7) is 0.303. The number of primary amides is 1. The van der Waals surface area contributed by atoms with E-state index >= 15 is 0 Å². The van der Waals surface area contributed by atoms with Gasteiger partial charge in [0, 0.05) is 35.5 Å². The maximum Gasteiger partial charge on any atom is 0.248 e. The molecule has 0 saturated carbocycles. The third kappa shape index (κ3) is 5.12. The highest BCUT2D eigenvalue weighted by atomic mass is 35.5. The normalized spacial score (nSPS) is 10.6. The van der Waals surface area contributed by atoms with Gasteiger partial charge in [0.25, 0.3) is 0 Å². The first-order valence-corrected chi connectivity index (χ1v) is 9.23. The van der Waals surface area contributed by atoms with Crippen molar-refractivity contribution < 1.29 is 14.0 Å². The molecule has 3 rings (SSSR count). The number of nitrogens with two attached hydrogens (primary N) is 1. The first-order valence-electron chi connectivity index (χ1n) is 8.48. The van der Waals surface area contributed by atoms with E-state index in [4.69, 9.17) is 33.4 Å². The van der Waals surface area contributed by atoms with Crippen LogP contribution in [0, 0.1) is 0 Å². The SMILES string of the molecule is NC(=O)c1cccc(CNC(=O)CCc2ncc(-c3ccc(Cl)cc3Cl)o2)c1. The van der Waals surface area contributed by atoms with E-state index in [1.54, 1.807) is 42.6 Å². The molecule has 8 heteroatoms. The van der Waals surface area contributed by atoms with E-state index in [0.717, 1.165) is 5.56 Å². The molecule has 0 aliphatic rings. The fraction of sp³-hybridized carbons (Fsp3) is 0.150. The van der Waals surface area contributed by atoms with Crippen LogP contribution in [-0.4, -0.2) is 16.8 Å². The Bertz CT molecular complexity index is 1020. The van der Waals surface area contributed by atoms with Gasteiger partial charge >= 0.3 is 0 Å². The molecule has 0 saturated heterocycles. The number of nitrogens with one attached hydrogen (secondary N) is 1. The van der Waals surface area contributed by atoms with Crippen LogP contribution in [-0.2, 0) is 17.8 Å². The number of hydrogen-bond acceptors (Lipinski definition) is 4. The molecule has 28 heavy (non-hydrogen) atoms. The topological polar surface area (TPSA) is 98.2 Å². The molecule has 0 fully saturated rings. The Balaban J connectivity index is 1.53. The summed E-state index contributed by atoms with van der Waals surface area (Å²) in [5.41, 5.74) is 7.13. The first kappa shape index (κ1) is 19.9. The standard InChI is InChI=1S/C20H17Cl2N3O3/c21-14-4-5-15(16(22)9-14)17-11-25-19(28-17)7-6-18(26)24-10-12-2-1-3-13(8-12)20(23)27/h1-5,8-9,11H,6-7,10H2,(H2,23,27)(H,24,26). The van der Waals surface area contributed by atoms with Crippen molar-refractivity contribution >= 4 is 35.0 Å². The molecule has 0 spiro atoms. The Hall–Kier alpha value is -2.83. The molecule has 1 heterocycles. The van der Waals surface area contributed by atoms with Gasteiger partial charge in [0.05, 0.1) is 11.2 Å². The third-order valence-corrected chi connectivity index (χ3v) is 4.57. The fourth-order valence-corrected chi connectivity index (χ4v) is 3.09. The summed E-state index contributed by atoms with van der Waals surface area (Å²) in [5.74, 6) is 0.287. The first-order chi connectivity index (χ1) is 13.4. The van der Waals surface area contributed by atoms with Gasteiger partial charge in [-0.1, -0.05) is 35.3 Å². The van der Waals surface area contributed by atoms with Crippen LogP contribution >= 0.6 is 23.2 Å². The van der Waals surface area contributed by atoms with E-state index in [-0.39, 0.29) is 12.3 Å². The number of carbonyl (C=O) groups excluding carboxylic acids is 2. The molecule has 3 aromatic rings. The number of nitrogens with zero attached hydrogens (tertiary/aromatic N) is 1. The number of aromatic nitrogens is 1. The van der Waals surface area contributed by atoms with E-state index in [1.165, 1.54) is 0 Å². The van der Waals surface area contributed by atoms with Gasteiger partial charge in [0.15, 0.2) is 11.7 Å². The van der Waals surface area contributed by atoms with Crippen LogP contribution in [0.3, 0.4) is 0 Å². The monoisotopic (exact) mass is 417 g/mol. The second kappa shape index (κ2) is 8.91. The number of halogens is 2. The quantitative estimate of drug-likeness (QED) is 0.606. The lowest BCUT2D eigenvalue weighted by molar-refractivity contribution is -0.121. The van der Waals surface area contributed by atoms with Crippen molar-refractivity contribution in [3.63, 3.8) is 0 Å². The Morgan fingerprint density at radius 1 is 1.14 bits per heavy atom. The second-order valence-corrected chi connectivity index (χ2v) is 6.93. The van der Waals surface area contributed by atoms with Gasteiger partial charge in [-0.05, 0) is 35.9 Å². The molecule has 0 aliphatic carbocycles. The molecular weight excluding hydrogens is 401 g/mol. The lowest BCUT2D eigenvalue weighted by atomic mass is 10.1. The van der Waals surface area contributed by atoms with Crippen molar-refractivity contribution in [2.75, 3.05) is 0 Å². The number of rotatable bonds is 7. The summed E-state index contributed by atoms with van der Waals surface area (Å²) in [7, 11) is 0. The Morgan fingerprint density at radius 3 is 2.71 bits per heavy atom. The van der Waals surface area contributed by atoms with Crippen molar-refractivity contribution in [1.82, 2.24) is 10.3 Å². The van der Waals surface area contributed by atoms with Crippen molar-refractivity contribution in [1.29, 1.82) is 0 Å². The van der Waals surface area contributed by atoms with Crippen LogP contribution in [0.2, 0.25) is 10.0 Å². The highest BCUT2D eigenvalue weighted by molar-refractivity contribution is 6.36. The number of benzene rings is 2. The molecule has 0 aliphatic heterocycles. The summed E-state index contributed by atoms with van der Waals surface area (Å²) in [5, 5.41) is 3.79. The zero-order valence-corrected chi connectivity index (χ0v) is 16.3. The van der Waals surface area contributed by atoms with Crippen molar-refractivity contribution in [3.8, 4) is 11.3 Å². The average molecular weight is 418 g/mol. The molecule has 144 valence electrons. The van der Waals surface area contributed by atoms with Crippen LogP contribution in [0.1, 0.15) is 28.2 Å². The minimum atomic E-state index is -0.506. The second-order valence-electron chi connectivity index (χ2n) is 6.08. The van der Waals surface area contributed by atoms with Crippen molar-refractivity contribution in [2.45, 2.75) is 19.4 Å². The molecule has 0 bridgehead atoms. The highest BCUT2D eigenvalue weighted by Crippen LogP contribution is 2.30. The van der Waals surface area contributed by atoms with Crippen LogP contribution in [0.4, 0.5) is 0 Å². The molecule has 0 atom stereocenters. The van der Waals surface area contributed by atoms with Crippen molar-refractivity contribution in [2.24, 2.45) is 5.73 Å². The summed E-state index contributed by atoms with van der Waals surface area (Å²) in [6, 6.07) is 11.9. The third-order valence-electron chi connectivity index (χ3n) is 4.02. The fourth-order valence-electron chi connectivity index (χ4n) is 2.58. The molecular formula is C20H17Cl2N3O3. The van der Waals surface area contributed by atoms with Crippen LogP contribution in [0.25, 0.3) is 11.3 Å². The van der Waals surface area contributed by atoms with Gasteiger partial charge in [0.2, 0.25) is 11.8 Å². The van der Waals surface area contributed by atoms with E-state index in [2.05, 4.69) is 10.3 Å². The van der Waals surface area contributed by atoms with E-state index in [1.807, 2.05) is 6.07 Å². The number of amides is 2. The van der Waals surface area contributed by atoms with Crippen LogP contribution < -0.4 is 11.1 Å². The van der Waals surface area contributed by atoms with Gasteiger partial charge in [-0.25, -0.2) is 4.98 Å². The molecule has 2 amide bonds. The predicted molar refractivity (Wildman–Crippen MR) is 107 cm³/mol. The number of oxazole rings is 1. The maximum absolute atomic E-state index is 12.1. The Labute approximate surface area is 171 Å². The maximum atomic E-state index is 12.1. The molecule has 6 nitrogen and oxygen atoms in total. The smallest absolute Gasteiger partial charge is 0.248 e. The molecule has 2 aromatic carbocycles. The summed E-state index contributed by atoms with van der Waals surface area (Å²) < 4.78 is 5.68. The number of carbonyl (C=O) groups is 2. The molecule has 0 radical (unpaired) electrons. The van der Waals surface area contributed by atoms with Gasteiger partial charge in [-0.2, -0.15) is 0 Å². The molecule has 1 aromatic heterocycles. The molecule has 3 N–H and O–H groups in total. The van der Waals surface area contributed by atoms with E-state index in [9.17, 15) is 9.59 Å². The zero-order valence-electron chi connectivity index (χ0n) is 14.7. The van der Waals surface area contributed by atoms with Gasteiger partial charge in [-0.3, -0.25) is 9.59 Å². The Morgan fingerprint density at radius 2 is 1.96 bits per heavy atom. The predicted octanol–water partition coefficient (Wildman–Crippen LogP) is 4.00. The zero-order chi connectivity index (χ0) is 20.1. The van der Waals surface area contributed by atoms with Gasteiger partial charge < -0.3 is 15.5 Å².